The van der Waals surface area contributed by atoms with Gasteiger partial charge >= 0.3 is 0 Å². The molecule has 0 unspecified atom stereocenters. The highest BCUT2D eigenvalue weighted by molar-refractivity contribution is 8.00. The van der Waals surface area contributed by atoms with Gasteiger partial charge in [-0.2, -0.15) is 0 Å². The van der Waals surface area contributed by atoms with E-state index in [0.29, 0.717) is 23.7 Å². The third-order valence-corrected chi connectivity index (χ3v) is 6.08. The van der Waals surface area contributed by atoms with Gasteiger partial charge in [-0.15, -0.1) is 11.8 Å². The van der Waals surface area contributed by atoms with Crippen LogP contribution in [0.1, 0.15) is 5.56 Å². The Morgan fingerprint density at radius 2 is 1.88 bits per heavy atom. The fourth-order valence-corrected chi connectivity index (χ4v) is 4.42. The van der Waals surface area contributed by atoms with Gasteiger partial charge in [0.2, 0.25) is 5.91 Å². The van der Waals surface area contributed by atoms with Gasteiger partial charge < -0.3 is 19.4 Å². The quantitative estimate of drug-likeness (QED) is 0.356. The van der Waals surface area contributed by atoms with Crippen molar-refractivity contribution in [3.63, 3.8) is 0 Å². The van der Waals surface area contributed by atoms with Gasteiger partial charge in [-0.3, -0.25) is 4.79 Å². The van der Waals surface area contributed by atoms with Crippen molar-refractivity contribution < 1.29 is 18.7 Å². The number of benzene rings is 3. The molecule has 0 aliphatic rings. The van der Waals surface area contributed by atoms with Crippen LogP contribution >= 0.6 is 11.8 Å². The summed E-state index contributed by atoms with van der Waals surface area (Å²) in [6, 6.07) is 19.8. The molecular formula is C25H23FN2O3S. The highest BCUT2D eigenvalue weighted by Crippen LogP contribution is 2.32. The van der Waals surface area contributed by atoms with Crippen LogP contribution < -0.4 is 14.8 Å². The molecule has 0 aliphatic heterocycles. The Morgan fingerprint density at radius 3 is 2.66 bits per heavy atom. The van der Waals surface area contributed by atoms with Crippen molar-refractivity contribution in [1.29, 1.82) is 0 Å². The SMILES string of the molecule is COc1ccc(OC)c(NC(=O)CSc2cn(Cc3cccc(F)c3)c3ccccc23)c1. The zero-order valence-electron chi connectivity index (χ0n) is 17.8. The number of nitrogens with one attached hydrogen (secondary N) is 1. The van der Waals surface area contributed by atoms with Gasteiger partial charge in [-0.05, 0) is 35.9 Å². The normalized spacial score (nSPS) is 10.8. The Labute approximate surface area is 190 Å². The monoisotopic (exact) mass is 450 g/mol. The van der Waals surface area contributed by atoms with Crippen molar-refractivity contribution in [3.05, 3.63) is 84.3 Å². The maximum absolute atomic E-state index is 13.6. The zero-order chi connectivity index (χ0) is 22.5. The second-order valence-corrected chi connectivity index (χ2v) is 8.19. The van der Waals surface area contributed by atoms with Gasteiger partial charge in [0.25, 0.3) is 0 Å². The maximum Gasteiger partial charge on any atom is 0.234 e. The van der Waals surface area contributed by atoms with Gasteiger partial charge in [0, 0.05) is 34.6 Å². The number of amides is 1. The molecule has 0 radical (unpaired) electrons. The summed E-state index contributed by atoms with van der Waals surface area (Å²) in [5.41, 5.74) is 2.48. The summed E-state index contributed by atoms with van der Waals surface area (Å²) in [5.74, 6) is 1.03. The lowest BCUT2D eigenvalue weighted by Gasteiger charge is -2.11. The Bertz CT molecular complexity index is 1260. The number of methoxy groups -OCH3 is 2. The van der Waals surface area contributed by atoms with Gasteiger partial charge in [0.05, 0.1) is 25.7 Å². The van der Waals surface area contributed by atoms with Crippen LogP contribution in [0.15, 0.2) is 77.8 Å². The molecule has 164 valence electrons. The Hall–Kier alpha value is -3.45. The first-order valence-electron chi connectivity index (χ1n) is 10.0. The standard InChI is InChI=1S/C25H23FN2O3S/c1-30-19-10-11-23(31-2)21(13-19)27-25(29)16-32-24-15-28(22-9-4-3-8-20(22)24)14-17-6-5-7-18(26)12-17/h3-13,15H,14,16H2,1-2H3,(H,27,29). The van der Waals surface area contributed by atoms with Crippen LogP contribution in [0.3, 0.4) is 0 Å². The van der Waals surface area contributed by atoms with E-state index in [0.717, 1.165) is 21.4 Å². The summed E-state index contributed by atoms with van der Waals surface area (Å²) >= 11 is 1.46. The minimum atomic E-state index is -0.252. The molecule has 1 amide bonds. The first-order valence-corrected chi connectivity index (χ1v) is 11.0. The molecule has 4 rings (SSSR count). The van der Waals surface area contributed by atoms with Crippen LogP contribution in [0.25, 0.3) is 10.9 Å². The molecule has 0 fully saturated rings. The van der Waals surface area contributed by atoms with E-state index < -0.39 is 0 Å². The van der Waals surface area contributed by atoms with E-state index >= 15 is 0 Å². The molecule has 0 saturated carbocycles. The third-order valence-electron chi connectivity index (χ3n) is 5.03. The number of thioether (sulfide) groups is 1. The molecule has 0 atom stereocenters. The Kier molecular flexibility index (Phi) is 6.66. The second kappa shape index (κ2) is 9.78. The van der Waals surface area contributed by atoms with Crippen molar-refractivity contribution in [2.75, 3.05) is 25.3 Å². The van der Waals surface area contributed by atoms with Gasteiger partial charge in [-0.1, -0.05) is 30.3 Å². The number of rotatable bonds is 8. The number of ether oxygens (including phenoxy) is 2. The lowest BCUT2D eigenvalue weighted by molar-refractivity contribution is -0.113. The molecule has 5 nitrogen and oxygen atoms in total. The Morgan fingerprint density at radius 1 is 1.03 bits per heavy atom. The van der Waals surface area contributed by atoms with Crippen LogP contribution in [0.2, 0.25) is 0 Å². The number of hydrogen-bond acceptors (Lipinski definition) is 4. The topological polar surface area (TPSA) is 52.5 Å². The van der Waals surface area contributed by atoms with Crippen molar-refractivity contribution in [1.82, 2.24) is 4.57 Å². The van der Waals surface area contributed by atoms with E-state index in [2.05, 4.69) is 9.88 Å². The van der Waals surface area contributed by atoms with E-state index in [1.165, 1.54) is 23.9 Å². The van der Waals surface area contributed by atoms with E-state index in [9.17, 15) is 9.18 Å². The molecule has 0 saturated heterocycles. The number of hydrogen-bond donors (Lipinski definition) is 1. The minimum Gasteiger partial charge on any atom is -0.497 e. The van der Waals surface area contributed by atoms with Crippen molar-refractivity contribution in [2.45, 2.75) is 11.4 Å². The molecule has 0 bridgehead atoms. The van der Waals surface area contributed by atoms with Crippen LogP contribution in [0.5, 0.6) is 11.5 Å². The third kappa shape index (κ3) is 4.89. The smallest absolute Gasteiger partial charge is 0.234 e. The molecule has 0 spiro atoms. The van der Waals surface area contributed by atoms with Crippen LogP contribution in [0.4, 0.5) is 10.1 Å². The average Bonchev–Trinajstić information content (AvgIpc) is 3.15. The van der Waals surface area contributed by atoms with Crippen molar-refractivity contribution >= 4 is 34.3 Å². The van der Waals surface area contributed by atoms with Gasteiger partial charge in [-0.25, -0.2) is 4.39 Å². The second-order valence-electron chi connectivity index (χ2n) is 7.17. The number of nitrogens with zero attached hydrogens (tertiary/aromatic N) is 1. The van der Waals surface area contributed by atoms with Crippen LogP contribution in [-0.4, -0.2) is 30.4 Å². The number of aromatic nitrogens is 1. The first-order chi connectivity index (χ1) is 15.6. The summed E-state index contributed by atoms with van der Waals surface area (Å²) in [6.45, 7) is 0.548. The maximum atomic E-state index is 13.6. The number of anilines is 1. The number of fused-ring (bicyclic) bond motifs is 1. The molecule has 32 heavy (non-hydrogen) atoms. The molecule has 1 N–H and O–H groups in total. The molecular weight excluding hydrogens is 427 g/mol. The molecule has 3 aromatic carbocycles. The number of carbonyl (C=O) groups excluding carboxylic acids is 1. The van der Waals surface area contributed by atoms with E-state index in [4.69, 9.17) is 9.47 Å². The molecule has 4 aromatic rings. The van der Waals surface area contributed by atoms with Crippen LogP contribution in [0, 0.1) is 5.82 Å². The average molecular weight is 451 g/mol. The fourth-order valence-electron chi connectivity index (χ4n) is 3.53. The highest BCUT2D eigenvalue weighted by atomic mass is 32.2. The largest absolute Gasteiger partial charge is 0.497 e. The highest BCUT2D eigenvalue weighted by Gasteiger charge is 2.13. The van der Waals surface area contributed by atoms with Crippen molar-refractivity contribution in [2.24, 2.45) is 0 Å². The minimum absolute atomic E-state index is 0.150. The van der Waals surface area contributed by atoms with E-state index in [-0.39, 0.29) is 17.5 Å². The molecule has 1 aromatic heterocycles. The molecule has 0 aliphatic carbocycles. The summed E-state index contributed by atoms with van der Waals surface area (Å²) in [7, 11) is 3.13. The Balaban J connectivity index is 1.51. The van der Waals surface area contributed by atoms with Crippen molar-refractivity contribution in [3.8, 4) is 11.5 Å². The van der Waals surface area contributed by atoms with Gasteiger partial charge in [0.15, 0.2) is 0 Å². The molecule has 1 heterocycles. The number of halogens is 1. The fraction of sp³-hybridized carbons (Fsp3) is 0.160. The zero-order valence-corrected chi connectivity index (χ0v) is 18.6. The predicted octanol–water partition coefficient (Wildman–Crippen LogP) is 5.58. The first kappa shape index (κ1) is 21.8. The summed E-state index contributed by atoms with van der Waals surface area (Å²) in [6.07, 6.45) is 2.01. The summed E-state index contributed by atoms with van der Waals surface area (Å²) < 4.78 is 26.2. The summed E-state index contributed by atoms with van der Waals surface area (Å²) in [5, 5.41) is 3.95. The van der Waals surface area contributed by atoms with Crippen LogP contribution in [-0.2, 0) is 11.3 Å². The molecule has 7 heteroatoms. The lowest BCUT2D eigenvalue weighted by atomic mass is 10.2. The number of para-hydroxylation sites is 1. The van der Waals surface area contributed by atoms with Gasteiger partial charge in [0.1, 0.15) is 17.3 Å². The number of carbonyl (C=O) groups is 1. The summed E-state index contributed by atoms with van der Waals surface area (Å²) in [4.78, 5) is 13.6. The van der Waals surface area contributed by atoms with E-state index in [1.807, 2.05) is 36.5 Å². The van der Waals surface area contributed by atoms with E-state index in [1.54, 1.807) is 38.5 Å². The predicted molar refractivity (Wildman–Crippen MR) is 126 cm³/mol. The lowest BCUT2D eigenvalue weighted by Crippen LogP contribution is -2.14.